The van der Waals surface area contributed by atoms with Crippen LogP contribution in [0, 0.1) is 6.92 Å². The summed E-state index contributed by atoms with van der Waals surface area (Å²) in [6.07, 6.45) is 5.83. The van der Waals surface area contributed by atoms with Crippen LogP contribution in [0.5, 0.6) is 0 Å². The van der Waals surface area contributed by atoms with Crippen LogP contribution in [0.4, 0.5) is 5.82 Å². The molecule has 3 rings (SSSR count). The summed E-state index contributed by atoms with van der Waals surface area (Å²) in [5.41, 5.74) is 2.48. The summed E-state index contributed by atoms with van der Waals surface area (Å²) in [5.74, 6) is 0.608. The lowest BCUT2D eigenvalue weighted by Crippen LogP contribution is -2.43. The van der Waals surface area contributed by atoms with Gasteiger partial charge in [-0.15, -0.1) is 0 Å². The molecule has 2 aromatic heterocycles. The lowest BCUT2D eigenvalue weighted by Gasteiger charge is -2.26. The third-order valence-corrected chi connectivity index (χ3v) is 4.83. The van der Waals surface area contributed by atoms with Crippen LogP contribution in [0.1, 0.15) is 34.5 Å². The number of carbonyl (C=O) groups is 2. The van der Waals surface area contributed by atoms with Crippen molar-refractivity contribution in [2.24, 2.45) is 0 Å². The first-order valence-electron chi connectivity index (χ1n) is 9.67. The second-order valence-electron chi connectivity index (χ2n) is 7.19. The Hall–Kier alpha value is -2.96. The van der Waals surface area contributed by atoms with E-state index in [0.29, 0.717) is 25.2 Å². The molecule has 3 heterocycles. The smallest absolute Gasteiger partial charge is 0.255 e. The van der Waals surface area contributed by atoms with Crippen molar-refractivity contribution in [3.8, 4) is 0 Å². The molecule has 28 heavy (non-hydrogen) atoms. The number of pyridine rings is 2. The number of aromatic nitrogens is 2. The third kappa shape index (κ3) is 5.28. The largest absolute Gasteiger partial charge is 0.368 e. The van der Waals surface area contributed by atoms with E-state index in [2.05, 4.69) is 15.3 Å². The number of fused-ring (bicyclic) bond motifs is 2. The van der Waals surface area contributed by atoms with Crippen LogP contribution in [0.2, 0.25) is 0 Å². The second-order valence-corrected chi connectivity index (χ2v) is 7.19. The molecule has 0 saturated carbocycles. The van der Waals surface area contributed by atoms with Gasteiger partial charge in [0.15, 0.2) is 0 Å². The molecule has 0 radical (unpaired) electrons. The Morgan fingerprint density at radius 3 is 2.86 bits per heavy atom. The molecule has 7 nitrogen and oxygen atoms in total. The molecule has 0 aliphatic carbocycles. The van der Waals surface area contributed by atoms with Crippen LogP contribution < -0.4 is 5.32 Å². The molecule has 1 N–H and O–H groups in total. The summed E-state index contributed by atoms with van der Waals surface area (Å²) < 4.78 is 0. The summed E-state index contributed by atoms with van der Waals surface area (Å²) in [4.78, 5) is 37.6. The number of amides is 2. The van der Waals surface area contributed by atoms with Gasteiger partial charge in [-0.05, 0) is 49.9 Å². The topological polar surface area (TPSA) is 78.4 Å². The Kier molecular flexibility index (Phi) is 6.57. The average molecular weight is 381 g/mol. The lowest BCUT2D eigenvalue weighted by molar-refractivity contribution is -0.130. The Bertz CT molecular complexity index is 839. The zero-order chi connectivity index (χ0) is 19.9. The molecule has 2 bridgehead atoms. The highest BCUT2D eigenvalue weighted by atomic mass is 16.2. The predicted octanol–water partition coefficient (Wildman–Crippen LogP) is 2.13. The van der Waals surface area contributed by atoms with Gasteiger partial charge >= 0.3 is 0 Å². The summed E-state index contributed by atoms with van der Waals surface area (Å²) in [6.45, 7) is 3.66. The lowest BCUT2D eigenvalue weighted by atomic mass is 10.1. The van der Waals surface area contributed by atoms with Crippen LogP contribution in [-0.2, 0) is 11.2 Å². The van der Waals surface area contributed by atoms with E-state index in [4.69, 9.17) is 0 Å². The van der Waals surface area contributed by atoms with Gasteiger partial charge < -0.3 is 15.1 Å². The zero-order valence-electron chi connectivity index (χ0n) is 16.5. The molecule has 148 valence electrons. The van der Waals surface area contributed by atoms with E-state index in [0.717, 1.165) is 36.3 Å². The van der Waals surface area contributed by atoms with E-state index in [9.17, 15) is 9.59 Å². The minimum atomic E-state index is -0.150. The van der Waals surface area contributed by atoms with Gasteiger partial charge in [-0.2, -0.15) is 0 Å². The maximum absolute atomic E-state index is 13.0. The number of anilines is 1. The standard InChI is InChI=1S/C21H27N5O2/c1-16-12-17(14-22-13-16)21(28)26-10-4-3-6-18-7-5-8-19(24-18)23-9-11-25(2)20(27)15-26/h5,7-8,12-14H,3-4,6,9-11,15H2,1-2H3,(H,23,24). The Balaban J connectivity index is 1.76. The average Bonchev–Trinajstić information content (AvgIpc) is 2.69. The number of hydrogen-bond donors (Lipinski definition) is 1. The van der Waals surface area contributed by atoms with Gasteiger partial charge in [0.25, 0.3) is 5.91 Å². The summed E-state index contributed by atoms with van der Waals surface area (Å²) >= 11 is 0. The highest BCUT2D eigenvalue weighted by Crippen LogP contribution is 2.11. The summed E-state index contributed by atoms with van der Waals surface area (Å²) in [7, 11) is 1.76. The number of hydrogen-bond acceptors (Lipinski definition) is 5. The van der Waals surface area contributed by atoms with Gasteiger partial charge in [0.1, 0.15) is 12.4 Å². The van der Waals surface area contributed by atoms with Crippen molar-refractivity contribution in [3.05, 3.63) is 53.5 Å². The van der Waals surface area contributed by atoms with Crippen LogP contribution in [-0.4, -0.2) is 64.8 Å². The van der Waals surface area contributed by atoms with E-state index in [1.54, 1.807) is 29.2 Å². The minimum absolute atomic E-state index is 0.0745. The molecule has 7 heteroatoms. The molecule has 2 amide bonds. The van der Waals surface area contributed by atoms with E-state index in [1.807, 2.05) is 31.2 Å². The van der Waals surface area contributed by atoms with E-state index in [-0.39, 0.29) is 18.4 Å². The number of nitrogens with zero attached hydrogens (tertiary/aromatic N) is 4. The van der Waals surface area contributed by atoms with Crippen LogP contribution >= 0.6 is 0 Å². The normalized spacial score (nSPS) is 16.3. The van der Waals surface area contributed by atoms with Gasteiger partial charge in [-0.25, -0.2) is 4.98 Å². The van der Waals surface area contributed by atoms with Crippen molar-refractivity contribution in [1.29, 1.82) is 0 Å². The highest BCUT2D eigenvalue weighted by Gasteiger charge is 2.21. The molecule has 0 fully saturated rings. The SMILES string of the molecule is Cc1cncc(C(=O)N2CCCCc3cccc(n3)NCCN(C)C(=O)C2)c1. The first kappa shape index (κ1) is 19.8. The Morgan fingerprint density at radius 1 is 1.18 bits per heavy atom. The second kappa shape index (κ2) is 9.30. The third-order valence-electron chi connectivity index (χ3n) is 4.83. The van der Waals surface area contributed by atoms with Gasteiger partial charge in [-0.1, -0.05) is 6.07 Å². The van der Waals surface area contributed by atoms with Crippen molar-refractivity contribution in [2.75, 3.05) is 38.5 Å². The van der Waals surface area contributed by atoms with Crippen molar-refractivity contribution in [1.82, 2.24) is 19.8 Å². The first-order chi connectivity index (χ1) is 13.5. The fourth-order valence-corrected chi connectivity index (χ4v) is 3.19. The number of carbonyl (C=O) groups excluding carboxylic acids is 2. The molecule has 0 atom stereocenters. The predicted molar refractivity (Wildman–Crippen MR) is 108 cm³/mol. The maximum atomic E-state index is 13.0. The van der Waals surface area contributed by atoms with Gasteiger partial charge in [0, 0.05) is 44.8 Å². The van der Waals surface area contributed by atoms with E-state index < -0.39 is 0 Å². The molecule has 0 aromatic carbocycles. The van der Waals surface area contributed by atoms with Crippen LogP contribution in [0.15, 0.2) is 36.7 Å². The van der Waals surface area contributed by atoms with E-state index >= 15 is 0 Å². The molecule has 0 saturated heterocycles. The summed E-state index contributed by atoms with van der Waals surface area (Å²) in [6, 6.07) is 7.77. The molecular weight excluding hydrogens is 354 g/mol. The monoisotopic (exact) mass is 381 g/mol. The molecular formula is C21H27N5O2. The number of nitrogens with one attached hydrogen (secondary N) is 1. The van der Waals surface area contributed by atoms with Crippen molar-refractivity contribution in [3.63, 3.8) is 0 Å². The molecule has 0 spiro atoms. The first-order valence-corrected chi connectivity index (χ1v) is 9.67. The fraction of sp³-hybridized carbons (Fsp3) is 0.429. The minimum Gasteiger partial charge on any atom is -0.368 e. The van der Waals surface area contributed by atoms with E-state index in [1.165, 1.54) is 0 Å². The highest BCUT2D eigenvalue weighted by molar-refractivity contribution is 5.96. The van der Waals surface area contributed by atoms with Crippen LogP contribution in [0.3, 0.4) is 0 Å². The molecule has 2 aromatic rings. The van der Waals surface area contributed by atoms with Gasteiger partial charge in [0.05, 0.1) is 5.56 Å². The quantitative estimate of drug-likeness (QED) is 0.819. The number of likely N-dealkylation sites (N-methyl/N-ethyl adjacent to an activating group) is 1. The molecule has 1 aliphatic heterocycles. The van der Waals surface area contributed by atoms with Crippen LogP contribution in [0.25, 0.3) is 0 Å². The van der Waals surface area contributed by atoms with Crippen molar-refractivity contribution in [2.45, 2.75) is 26.2 Å². The van der Waals surface area contributed by atoms with Gasteiger partial charge in [-0.3, -0.25) is 14.6 Å². The van der Waals surface area contributed by atoms with Gasteiger partial charge in [0.2, 0.25) is 5.91 Å². The fourth-order valence-electron chi connectivity index (χ4n) is 3.19. The summed E-state index contributed by atoms with van der Waals surface area (Å²) in [5, 5.41) is 3.26. The van der Waals surface area contributed by atoms with Crippen molar-refractivity contribution < 1.29 is 9.59 Å². The maximum Gasteiger partial charge on any atom is 0.255 e. The van der Waals surface area contributed by atoms with Crippen molar-refractivity contribution >= 4 is 17.6 Å². The Morgan fingerprint density at radius 2 is 2.04 bits per heavy atom. The zero-order valence-corrected chi connectivity index (χ0v) is 16.5. The molecule has 1 aliphatic rings. The molecule has 0 unspecified atom stereocenters. The number of aryl methyl sites for hydroxylation is 2. The Labute approximate surface area is 165 Å². The number of rotatable bonds is 1.